The van der Waals surface area contributed by atoms with E-state index in [0.717, 1.165) is 5.56 Å². The lowest BCUT2D eigenvalue weighted by atomic mass is 10.1. The minimum atomic E-state index is -1.02. The lowest BCUT2D eigenvalue weighted by Crippen LogP contribution is -2.35. The van der Waals surface area contributed by atoms with Gasteiger partial charge in [0.05, 0.1) is 0 Å². The fraction of sp³-hybridized carbons (Fsp3) is 0.200. The van der Waals surface area contributed by atoms with Crippen molar-refractivity contribution in [2.45, 2.75) is 12.5 Å². The zero-order valence-corrected chi connectivity index (χ0v) is 7.47. The normalized spacial score (nSPS) is 11.4. The van der Waals surface area contributed by atoms with Crippen LogP contribution >= 0.6 is 0 Å². The van der Waals surface area contributed by atoms with Gasteiger partial charge in [-0.05, 0) is 5.56 Å². The highest BCUT2D eigenvalue weighted by molar-refractivity contribution is 5.74. The molecule has 2 N–H and O–H groups in total. The van der Waals surface area contributed by atoms with Crippen LogP contribution in [-0.2, 0) is 11.2 Å². The zero-order chi connectivity index (χ0) is 10.4. The van der Waals surface area contributed by atoms with Crippen molar-refractivity contribution in [3.8, 4) is 6.19 Å². The van der Waals surface area contributed by atoms with Gasteiger partial charge < -0.3 is 10.4 Å². The third kappa shape index (κ3) is 2.79. The molecule has 0 spiro atoms. The van der Waals surface area contributed by atoms with E-state index in [0.29, 0.717) is 6.42 Å². The maximum Gasteiger partial charge on any atom is 0.327 e. The number of hydrogen-bond donors (Lipinski definition) is 2. The molecular weight excluding hydrogens is 180 g/mol. The fourth-order valence-corrected chi connectivity index (χ4v) is 1.13. The van der Waals surface area contributed by atoms with Crippen LogP contribution in [0.3, 0.4) is 0 Å². The first kappa shape index (κ1) is 10.1. The second-order valence-corrected chi connectivity index (χ2v) is 2.84. The molecule has 0 radical (unpaired) electrons. The number of nitrogens with zero attached hydrogens (tertiary/aromatic N) is 1. The summed E-state index contributed by atoms with van der Waals surface area (Å²) in [6, 6.07) is 8.34. The number of nitrogens with one attached hydrogen (secondary N) is 1. The standard InChI is InChI=1S/C10H10N2O2/c11-7-12-9(10(13)14)6-8-4-2-1-3-5-8/h1-5,9,12H,6H2,(H,13,14)/t9-/m1/s1. The SMILES string of the molecule is N#CN[C@H](Cc1ccccc1)C(=O)O. The minimum absolute atomic E-state index is 0.309. The first-order chi connectivity index (χ1) is 6.74. The van der Waals surface area contributed by atoms with Crippen LogP contribution in [0.5, 0.6) is 0 Å². The average Bonchev–Trinajstić information content (AvgIpc) is 2.18. The van der Waals surface area contributed by atoms with E-state index in [4.69, 9.17) is 10.4 Å². The van der Waals surface area contributed by atoms with Crippen LogP contribution in [0, 0.1) is 11.5 Å². The summed E-state index contributed by atoms with van der Waals surface area (Å²) in [5, 5.41) is 19.3. The molecule has 1 aromatic rings. The average molecular weight is 190 g/mol. The summed E-state index contributed by atoms with van der Waals surface area (Å²) in [6.45, 7) is 0. The van der Waals surface area contributed by atoms with Crippen molar-refractivity contribution in [3.63, 3.8) is 0 Å². The molecule has 0 aliphatic heterocycles. The molecule has 1 aromatic carbocycles. The number of aliphatic carboxylic acids is 1. The summed E-state index contributed by atoms with van der Waals surface area (Å²) in [6.07, 6.45) is 1.95. The maximum absolute atomic E-state index is 10.7. The van der Waals surface area contributed by atoms with Crippen LogP contribution in [0.1, 0.15) is 5.56 Å². The summed E-state index contributed by atoms with van der Waals surface area (Å²) >= 11 is 0. The molecule has 1 atom stereocenters. The molecule has 0 aliphatic carbocycles. The van der Waals surface area contributed by atoms with Crippen molar-refractivity contribution in [2.75, 3.05) is 0 Å². The van der Waals surface area contributed by atoms with Gasteiger partial charge in [-0.1, -0.05) is 30.3 Å². The molecule has 0 saturated carbocycles. The van der Waals surface area contributed by atoms with Gasteiger partial charge in [-0.2, -0.15) is 5.26 Å². The molecule has 0 amide bonds. The molecule has 0 unspecified atom stereocenters. The lowest BCUT2D eigenvalue weighted by molar-refractivity contribution is -0.139. The minimum Gasteiger partial charge on any atom is -0.480 e. The Kier molecular flexibility index (Phi) is 3.50. The second kappa shape index (κ2) is 4.87. The van der Waals surface area contributed by atoms with Crippen LogP contribution in [0.25, 0.3) is 0 Å². The topological polar surface area (TPSA) is 73.1 Å². The third-order valence-electron chi connectivity index (χ3n) is 1.82. The molecule has 4 nitrogen and oxygen atoms in total. The Bertz CT molecular complexity index is 343. The molecule has 0 aliphatic rings. The van der Waals surface area contributed by atoms with Gasteiger partial charge in [-0.25, -0.2) is 4.79 Å². The number of benzene rings is 1. The first-order valence-corrected chi connectivity index (χ1v) is 4.15. The molecule has 0 saturated heterocycles. The van der Waals surface area contributed by atoms with Crippen LogP contribution in [0.15, 0.2) is 30.3 Å². The van der Waals surface area contributed by atoms with E-state index in [-0.39, 0.29) is 0 Å². The number of rotatable bonds is 4. The zero-order valence-electron chi connectivity index (χ0n) is 7.47. The van der Waals surface area contributed by atoms with Crippen molar-refractivity contribution in [3.05, 3.63) is 35.9 Å². The smallest absolute Gasteiger partial charge is 0.327 e. The molecule has 1 rings (SSSR count). The predicted molar refractivity (Wildman–Crippen MR) is 50.3 cm³/mol. The molecular formula is C10H10N2O2. The maximum atomic E-state index is 10.7. The highest BCUT2D eigenvalue weighted by Gasteiger charge is 2.16. The number of carboxylic acid groups (broad SMARTS) is 1. The second-order valence-electron chi connectivity index (χ2n) is 2.84. The lowest BCUT2D eigenvalue weighted by Gasteiger charge is -2.09. The molecule has 72 valence electrons. The van der Waals surface area contributed by atoms with Gasteiger partial charge in [0.2, 0.25) is 0 Å². The largest absolute Gasteiger partial charge is 0.480 e. The van der Waals surface area contributed by atoms with E-state index in [1.807, 2.05) is 30.3 Å². The van der Waals surface area contributed by atoms with Gasteiger partial charge in [0.15, 0.2) is 6.19 Å². The van der Waals surface area contributed by atoms with Crippen molar-refractivity contribution in [2.24, 2.45) is 0 Å². The number of carbonyl (C=O) groups is 1. The molecule has 0 bridgehead atoms. The van der Waals surface area contributed by atoms with Gasteiger partial charge in [0.1, 0.15) is 6.04 Å². The first-order valence-electron chi connectivity index (χ1n) is 4.15. The van der Waals surface area contributed by atoms with Crippen LogP contribution in [-0.4, -0.2) is 17.1 Å². The predicted octanol–water partition coefficient (Wildman–Crippen LogP) is 0.753. The summed E-state index contributed by atoms with van der Waals surface area (Å²) < 4.78 is 0. The monoisotopic (exact) mass is 190 g/mol. The highest BCUT2D eigenvalue weighted by Crippen LogP contribution is 2.02. The third-order valence-corrected chi connectivity index (χ3v) is 1.82. The summed E-state index contributed by atoms with van der Waals surface area (Å²) in [5.74, 6) is -1.02. The summed E-state index contributed by atoms with van der Waals surface area (Å²) in [7, 11) is 0. The van der Waals surface area contributed by atoms with E-state index >= 15 is 0 Å². The quantitative estimate of drug-likeness (QED) is 0.543. The molecule has 0 fully saturated rings. The number of hydrogen-bond acceptors (Lipinski definition) is 3. The van der Waals surface area contributed by atoms with Gasteiger partial charge in [0, 0.05) is 6.42 Å². The molecule has 0 heterocycles. The van der Waals surface area contributed by atoms with Crippen LogP contribution < -0.4 is 5.32 Å². The van der Waals surface area contributed by atoms with E-state index in [2.05, 4.69) is 5.32 Å². The summed E-state index contributed by atoms with van der Waals surface area (Å²) in [5.41, 5.74) is 0.891. The Morgan fingerprint density at radius 3 is 2.64 bits per heavy atom. The Morgan fingerprint density at radius 2 is 2.14 bits per heavy atom. The number of carboxylic acids is 1. The van der Waals surface area contributed by atoms with E-state index < -0.39 is 12.0 Å². The number of nitriles is 1. The molecule has 4 heteroatoms. The Labute approximate surface area is 81.8 Å². The molecule has 0 aromatic heterocycles. The van der Waals surface area contributed by atoms with E-state index in [1.54, 1.807) is 6.19 Å². The Hall–Kier alpha value is -2.02. The van der Waals surface area contributed by atoms with E-state index in [9.17, 15) is 4.79 Å². The van der Waals surface area contributed by atoms with Gasteiger partial charge in [-0.3, -0.25) is 0 Å². The van der Waals surface area contributed by atoms with Gasteiger partial charge >= 0.3 is 5.97 Å². The van der Waals surface area contributed by atoms with Crippen molar-refractivity contribution in [1.82, 2.24) is 5.32 Å². The molecule has 14 heavy (non-hydrogen) atoms. The van der Waals surface area contributed by atoms with Crippen molar-refractivity contribution in [1.29, 1.82) is 5.26 Å². The van der Waals surface area contributed by atoms with Crippen molar-refractivity contribution < 1.29 is 9.90 Å². The fourth-order valence-electron chi connectivity index (χ4n) is 1.13. The van der Waals surface area contributed by atoms with Crippen LogP contribution in [0.2, 0.25) is 0 Å². The van der Waals surface area contributed by atoms with Crippen molar-refractivity contribution >= 4 is 5.97 Å². The van der Waals surface area contributed by atoms with E-state index in [1.165, 1.54) is 0 Å². The Morgan fingerprint density at radius 1 is 1.50 bits per heavy atom. The highest BCUT2D eigenvalue weighted by atomic mass is 16.4. The summed E-state index contributed by atoms with van der Waals surface area (Å²) in [4.78, 5) is 10.7. The van der Waals surface area contributed by atoms with Crippen LogP contribution in [0.4, 0.5) is 0 Å². The van der Waals surface area contributed by atoms with Gasteiger partial charge in [-0.15, -0.1) is 0 Å². The van der Waals surface area contributed by atoms with Gasteiger partial charge in [0.25, 0.3) is 0 Å². The Balaban J connectivity index is 2.66.